The Morgan fingerprint density at radius 1 is 1.35 bits per heavy atom. The van der Waals surface area contributed by atoms with Gasteiger partial charge in [-0.3, -0.25) is 4.79 Å². The van der Waals surface area contributed by atoms with Crippen LogP contribution in [0.2, 0.25) is 0 Å². The zero-order valence-corrected chi connectivity index (χ0v) is 10.6. The fourth-order valence-corrected chi connectivity index (χ4v) is 2.11. The number of benzene rings is 1. The topological polar surface area (TPSA) is 32.3 Å². The number of carbonyl (C=O) groups is 1. The Kier molecular flexibility index (Phi) is 2.69. The molecule has 1 aliphatic heterocycles. The molecule has 0 radical (unpaired) electrons. The van der Waals surface area contributed by atoms with Crippen LogP contribution < -0.4 is 5.32 Å². The maximum absolute atomic E-state index is 11.9. The monoisotopic (exact) mass is 230 g/mol. The van der Waals surface area contributed by atoms with Crippen LogP contribution in [0.25, 0.3) is 0 Å². The Labute approximate surface area is 102 Å². The molecular weight excluding hydrogens is 212 g/mol. The minimum Gasteiger partial charge on any atom is -0.362 e. The summed E-state index contributed by atoms with van der Waals surface area (Å²) in [5.41, 5.74) is 1.98. The fourth-order valence-electron chi connectivity index (χ4n) is 2.11. The molecule has 17 heavy (non-hydrogen) atoms. The van der Waals surface area contributed by atoms with E-state index in [1.807, 2.05) is 6.92 Å². The molecular formula is C14H18N2O. The Bertz CT molecular complexity index is 444. The molecule has 1 atom stereocenters. The van der Waals surface area contributed by atoms with E-state index in [1.165, 1.54) is 5.56 Å². The summed E-state index contributed by atoms with van der Waals surface area (Å²) in [6.45, 7) is 7.97. The zero-order valence-electron chi connectivity index (χ0n) is 10.6. The molecule has 0 aliphatic carbocycles. The normalized spacial score (nSPS) is 24.8. The fraction of sp³-hybridized carbons (Fsp3) is 0.357. The second-order valence-electron chi connectivity index (χ2n) is 4.90. The molecule has 0 saturated carbocycles. The van der Waals surface area contributed by atoms with Crippen LogP contribution in [-0.4, -0.2) is 17.9 Å². The summed E-state index contributed by atoms with van der Waals surface area (Å²) in [4.78, 5) is 13.5. The van der Waals surface area contributed by atoms with E-state index in [2.05, 4.69) is 43.1 Å². The quantitative estimate of drug-likeness (QED) is 0.801. The van der Waals surface area contributed by atoms with Gasteiger partial charge in [-0.2, -0.15) is 0 Å². The van der Waals surface area contributed by atoms with Gasteiger partial charge in [-0.05, 0) is 19.4 Å². The molecule has 3 nitrogen and oxygen atoms in total. The molecule has 1 aromatic rings. The van der Waals surface area contributed by atoms with Gasteiger partial charge in [0.05, 0.1) is 12.0 Å². The highest BCUT2D eigenvalue weighted by molar-refractivity contribution is 5.80. The molecule has 2 rings (SSSR count). The minimum absolute atomic E-state index is 0.0943. The first-order chi connectivity index (χ1) is 7.92. The van der Waals surface area contributed by atoms with E-state index >= 15 is 0 Å². The Hall–Kier alpha value is -1.77. The highest BCUT2D eigenvalue weighted by Crippen LogP contribution is 2.30. The van der Waals surface area contributed by atoms with Crippen LogP contribution in [0, 0.1) is 6.92 Å². The Morgan fingerprint density at radius 2 is 1.94 bits per heavy atom. The molecule has 1 aliphatic rings. The van der Waals surface area contributed by atoms with Gasteiger partial charge in [-0.1, -0.05) is 36.4 Å². The second kappa shape index (κ2) is 3.91. The van der Waals surface area contributed by atoms with Crippen LogP contribution in [-0.2, 0) is 10.3 Å². The van der Waals surface area contributed by atoms with Crippen molar-refractivity contribution in [3.05, 3.63) is 47.8 Å². The van der Waals surface area contributed by atoms with Crippen molar-refractivity contribution in [2.75, 3.05) is 7.05 Å². The molecule has 3 heteroatoms. The largest absolute Gasteiger partial charge is 0.362 e. The van der Waals surface area contributed by atoms with Crippen LogP contribution in [0.3, 0.4) is 0 Å². The molecule has 0 bridgehead atoms. The van der Waals surface area contributed by atoms with Crippen molar-refractivity contribution < 1.29 is 4.79 Å². The molecule has 1 N–H and O–H groups in total. The lowest BCUT2D eigenvalue weighted by Gasteiger charge is -2.40. The lowest BCUT2D eigenvalue weighted by molar-refractivity contribution is -0.132. The van der Waals surface area contributed by atoms with Gasteiger partial charge < -0.3 is 10.2 Å². The molecule has 1 saturated heterocycles. The predicted octanol–water partition coefficient (Wildman–Crippen LogP) is 2.13. The zero-order chi connectivity index (χ0) is 12.6. The van der Waals surface area contributed by atoms with Gasteiger partial charge in [0, 0.05) is 7.05 Å². The van der Waals surface area contributed by atoms with Crippen molar-refractivity contribution in [2.24, 2.45) is 0 Å². The van der Waals surface area contributed by atoms with Crippen molar-refractivity contribution >= 4 is 5.91 Å². The smallest absolute Gasteiger partial charge is 0.230 e. The average molecular weight is 230 g/mol. The van der Waals surface area contributed by atoms with Gasteiger partial charge in [-0.25, -0.2) is 0 Å². The molecule has 0 spiro atoms. The van der Waals surface area contributed by atoms with E-state index in [0.717, 1.165) is 5.56 Å². The number of rotatable bonds is 1. The maximum Gasteiger partial charge on any atom is 0.230 e. The molecule has 1 aromatic carbocycles. The molecule has 0 unspecified atom stereocenters. The van der Waals surface area contributed by atoms with E-state index in [4.69, 9.17) is 0 Å². The molecule has 1 amide bonds. The van der Waals surface area contributed by atoms with Crippen molar-refractivity contribution in [2.45, 2.75) is 25.8 Å². The molecule has 1 heterocycles. The van der Waals surface area contributed by atoms with Crippen molar-refractivity contribution in [1.29, 1.82) is 0 Å². The summed E-state index contributed by atoms with van der Waals surface area (Å²) in [6, 6.07) is 8.25. The predicted molar refractivity (Wildman–Crippen MR) is 68.2 cm³/mol. The Morgan fingerprint density at radius 3 is 2.47 bits per heavy atom. The first-order valence-electron chi connectivity index (χ1n) is 5.73. The lowest BCUT2D eigenvalue weighted by Crippen LogP contribution is -2.52. The number of nitrogens with zero attached hydrogens (tertiary/aromatic N) is 1. The molecule has 0 aromatic heterocycles. The van der Waals surface area contributed by atoms with E-state index in [9.17, 15) is 4.79 Å². The van der Waals surface area contributed by atoms with E-state index in [1.54, 1.807) is 11.9 Å². The number of aryl methyl sites for hydroxylation is 1. The van der Waals surface area contributed by atoms with Gasteiger partial charge in [0.15, 0.2) is 0 Å². The summed E-state index contributed by atoms with van der Waals surface area (Å²) in [6.07, 6.45) is 0.450. The number of hydrogen-bond acceptors (Lipinski definition) is 2. The van der Waals surface area contributed by atoms with Gasteiger partial charge in [0.2, 0.25) is 5.91 Å². The van der Waals surface area contributed by atoms with E-state index in [0.29, 0.717) is 12.2 Å². The molecule has 1 fully saturated rings. The number of carbonyl (C=O) groups excluding carboxylic acids is 1. The number of hydrogen-bond donors (Lipinski definition) is 1. The van der Waals surface area contributed by atoms with Crippen LogP contribution in [0.4, 0.5) is 0 Å². The number of nitrogens with one attached hydrogen (secondary N) is 1. The molecule has 90 valence electrons. The third-order valence-electron chi connectivity index (χ3n) is 3.39. The third-order valence-corrected chi connectivity index (χ3v) is 3.39. The van der Waals surface area contributed by atoms with Crippen LogP contribution in [0.5, 0.6) is 0 Å². The van der Waals surface area contributed by atoms with Crippen LogP contribution >= 0.6 is 0 Å². The van der Waals surface area contributed by atoms with Crippen molar-refractivity contribution in [1.82, 2.24) is 10.2 Å². The van der Waals surface area contributed by atoms with Gasteiger partial charge >= 0.3 is 0 Å². The average Bonchev–Trinajstić information content (AvgIpc) is 2.26. The maximum atomic E-state index is 11.9. The Balaban J connectivity index is 2.34. The summed E-state index contributed by atoms with van der Waals surface area (Å²) < 4.78 is 0. The second-order valence-corrected chi connectivity index (χ2v) is 4.90. The standard InChI is InChI=1S/C14H18N2O/c1-10-5-7-12(8-6-10)14(3)9-13(17)16(4)11(2)15-14/h5-8,15H,2,9H2,1,3-4H3/t14-/m0/s1. The minimum atomic E-state index is -0.353. The highest BCUT2D eigenvalue weighted by atomic mass is 16.2. The summed E-state index contributed by atoms with van der Waals surface area (Å²) in [5, 5.41) is 3.32. The van der Waals surface area contributed by atoms with E-state index < -0.39 is 0 Å². The van der Waals surface area contributed by atoms with Crippen LogP contribution in [0.15, 0.2) is 36.7 Å². The summed E-state index contributed by atoms with van der Waals surface area (Å²) in [7, 11) is 1.74. The third kappa shape index (κ3) is 2.05. The van der Waals surface area contributed by atoms with Gasteiger partial charge in [0.25, 0.3) is 0 Å². The summed E-state index contributed by atoms with van der Waals surface area (Å²) in [5.74, 6) is 0.751. The number of amides is 1. The van der Waals surface area contributed by atoms with Crippen molar-refractivity contribution in [3.8, 4) is 0 Å². The first kappa shape index (κ1) is 11.7. The van der Waals surface area contributed by atoms with Crippen LogP contribution in [0.1, 0.15) is 24.5 Å². The van der Waals surface area contributed by atoms with Gasteiger partial charge in [-0.15, -0.1) is 0 Å². The summed E-state index contributed by atoms with van der Waals surface area (Å²) >= 11 is 0. The first-order valence-corrected chi connectivity index (χ1v) is 5.73. The van der Waals surface area contributed by atoms with E-state index in [-0.39, 0.29) is 11.4 Å². The van der Waals surface area contributed by atoms with Gasteiger partial charge in [0.1, 0.15) is 5.82 Å². The highest BCUT2D eigenvalue weighted by Gasteiger charge is 2.36. The lowest BCUT2D eigenvalue weighted by atomic mass is 9.86. The van der Waals surface area contributed by atoms with Crippen molar-refractivity contribution in [3.63, 3.8) is 0 Å². The SMILES string of the molecule is C=C1N[C@](C)(c2ccc(C)cc2)CC(=O)N1C.